The number of ether oxygens (including phenoxy) is 1. The molecule has 1 heterocycles. The van der Waals surface area contributed by atoms with E-state index in [9.17, 15) is 5.11 Å². The largest absolute Gasteiger partial charge is 0.539 e. The third-order valence-corrected chi connectivity index (χ3v) is 2.97. The molecule has 2 aromatic rings. The molecule has 0 radical (unpaired) electrons. The van der Waals surface area contributed by atoms with E-state index in [4.69, 9.17) is 9.26 Å². The highest BCUT2D eigenvalue weighted by Gasteiger charge is 2.19. The van der Waals surface area contributed by atoms with Crippen LogP contribution in [0, 0.1) is 6.92 Å². The van der Waals surface area contributed by atoms with Crippen LogP contribution in [0.25, 0.3) is 5.69 Å². The lowest BCUT2D eigenvalue weighted by Gasteiger charge is -2.02. The summed E-state index contributed by atoms with van der Waals surface area (Å²) < 4.78 is 11.3. The Morgan fingerprint density at radius 3 is 2.80 bits per heavy atom. The van der Waals surface area contributed by atoms with Crippen molar-refractivity contribution in [1.82, 2.24) is 10.6 Å². The first-order valence-electron chi connectivity index (χ1n) is 6.57. The molecule has 0 unspecified atom stereocenters. The van der Waals surface area contributed by atoms with E-state index in [-0.39, 0.29) is 0 Å². The third kappa shape index (κ3) is 3.55. The summed E-state index contributed by atoms with van der Waals surface area (Å²) in [5, 5.41) is 18.7. The van der Waals surface area contributed by atoms with Gasteiger partial charge in [-0.05, 0) is 24.6 Å². The van der Waals surface area contributed by atoms with Crippen LogP contribution in [0.15, 0.2) is 28.8 Å². The van der Waals surface area contributed by atoms with E-state index in [1.54, 1.807) is 7.11 Å². The second-order valence-corrected chi connectivity index (χ2v) is 4.58. The highest BCUT2D eigenvalue weighted by Crippen LogP contribution is 2.10. The molecular weight excluding hydrogens is 258 g/mol. The monoisotopic (exact) mass is 277 g/mol. The van der Waals surface area contributed by atoms with Gasteiger partial charge in [-0.1, -0.05) is 17.7 Å². The number of methoxy groups -OCH3 is 1. The molecule has 0 aliphatic heterocycles. The molecule has 2 rings (SSSR count). The Balaban J connectivity index is 2.05. The lowest BCUT2D eigenvalue weighted by Crippen LogP contribution is -2.39. The fourth-order valence-corrected chi connectivity index (χ4v) is 1.85. The SMILES string of the molecule is COCCCNCc1c([O-])on[n+]1-c1ccc(C)cc1. The second-order valence-electron chi connectivity index (χ2n) is 4.58. The van der Waals surface area contributed by atoms with Crippen molar-refractivity contribution in [3.63, 3.8) is 0 Å². The van der Waals surface area contributed by atoms with Crippen molar-refractivity contribution in [2.24, 2.45) is 0 Å². The summed E-state index contributed by atoms with van der Waals surface area (Å²) in [4.78, 5) is 0. The van der Waals surface area contributed by atoms with E-state index >= 15 is 0 Å². The van der Waals surface area contributed by atoms with Crippen molar-refractivity contribution in [3.05, 3.63) is 35.5 Å². The Hall–Kier alpha value is -1.92. The highest BCUT2D eigenvalue weighted by molar-refractivity contribution is 5.27. The Labute approximate surface area is 117 Å². The minimum Gasteiger partial charge on any atom is -0.539 e. The zero-order valence-corrected chi connectivity index (χ0v) is 11.8. The predicted molar refractivity (Wildman–Crippen MR) is 70.4 cm³/mol. The maximum absolute atomic E-state index is 11.7. The van der Waals surface area contributed by atoms with Gasteiger partial charge in [0.15, 0.2) is 5.95 Å². The zero-order valence-electron chi connectivity index (χ0n) is 11.8. The quantitative estimate of drug-likeness (QED) is 0.588. The maximum atomic E-state index is 11.7. The average Bonchev–Trinajstić information content (AvgIpc) is 2.81. The van der Waals surface area contributed by atoms with E-state index in [2.05, 4.69) is 10.6 Å². The summed E-state index contributed by atoms with van der Waals surface area (Å²) in [6.07, 6.45) is 0.889. The summed E-state index contributed by atoms with van der Waals surface area (Å²) >= 11 is 0. The molecule has 1 aromatic carbocycles. The minimum absolute atomic E-state index is 0.412. The number of nitrogens with one attached hydrogen (secondary N) is 1. The average molecular weight is 277 g/mol. The van der Waals surface area contributed by atoms with Crippen molar-refractivity contribution in [3.8, 4) is 11.6 Å². The Bertz CT molecular complexity index is 537. The number of benzene rings is 1. The number of rotatable bonds is 7. The van der Waals surface area contributed by atoms with Crippen molar-refractivity contribution in [1.29, 1.82) is 0 Å². The lowest BCUT2D eigenvalue weighted by atomic mass is 10.2. The number of aryl methyl sites for hydroxylation is 1. The molecule has 1 aromatic heterocycles. The molecule has 0 aliphatic carbocycles. The molecule has 6 nitrogen and oxygen atoms in total. The topological polar surface area (TPSA) is 74.2 Å². The van der Waals surface area contributed by atoms with Crippen LogP contribution in [0.5, 0.6) is 5.95 Å². The molecular formula is C14H19N3O3. The molecule has 0 spiro atoms. The van der Waals surface area contributed by atoms with Gasteiger partial charge < -0.3 is 19.7 Å². The summed E-state index contributed by atoms with van der Waals surface area (Å²) in [5.74, 6) is -0.412. The van der Waals surface area contributed by atoms with Gasteiger partial charge in [-0.3, -0.25) is 0 Å². The Morgan fingerprint density at radius 2 is 2.10 bits per heavy atom. The van der Waals surface area contributed by atoms with Gasteiger partial charge in [-0.2, -0.15) is 0 Å². The standard InChI is InChI=1S/C14H19N3O3/c1-11-4-6-12(7-5-11)17-13(14(18)20-16-17)10-15-8-3-9-19-2/h4-7,15H,3,8-10H2,1-2H3. The first-order valence-corrected chi connectivity index (χ1v) is 6.57. The molecule has 20 heavy (non-hydrogen) atoms. The smallest absolute Gasteiger partial charge is 0.253 e. The molecule has 0 saturated carbocycles. The summed E-state index contributed by atoms with van der Waals surface area (Å²) in [6.45, 7) is 3.89. The van der Waals surface area contributed by atoms with Crippen molar-refractivity contribution in [2.45, 2.75) is 19.9 Å². The van der Waals surface area contributed by atoms with Crippen LogP contribution < -0.4 is 15.1 Å². The van der Waals surface area contributed by atoms with E-state index in [0.29, 0.717) is 18.8 Å². The van der Waals surface area contributed by atoms with E-state index < -0.39 is 5.95 Å². The predicted octanol–water partition coefficient (Wildman–Crippen LogP) is 0.459. The van der Waals surface area contributed by atoms with E-state index in [0.717, 1.165) is 24.2 Å². The summed E-state index contributed by atoms with van der Waals surface area (Å²) in [7, 11) is 1.67. The maximum Gasteiger partial charge on any atom is 0.253 e. The zero-order chi connectivity index (χ0) is 14.4. The molecule has 1 N–H and O–H groups in total. The van der Waals surface area contributed by atoms with Gasteiger partial charge >= 0.3 is 0 Å². The van der Waals surface area contributed by atoms with Gasteiger partial charge in [-0.25, -0.2) is 0 Å². The first kappa shape index (κ1) is 14.5. The highest BCUT2D eigenvalue weighted by atomic mass is 16.6. The molecule has 0 fully saturated rings. The van der Waals surface area contributed by atoms with Crippen molar-refractivity contribution < 1.29 is 19.0 Å². The van der Waals surface area contributed by atoms with Gasteiger partial charge in [0.25, 0.3) is 5.69 Å². The van der Waals surface area contributed by atoms with Gasteiger partial charge in [0.05, 0.1) is 11.8 Å². The van der Waals surface area contributed by atoms with E-state index in [1.807, 2.05) is 31.2 Å². The fraction of sp³-hybridized carbons (Fsp3) is 0.429. The second kappa shape index (κ2) is 7.02. The number of nitrogens with zero attached hydrogens (tertiary/aromatic N) is 2. The number of hydrogen-bond donors (Lipinski definition) is 1. The molecule has 0 saturated heterocycles. The molecule has 6 heteroatoms. The van der Waals surface area contributed by atoms with Gasteiger partial charge in [0.2, 0.25) is 5.69 Å². The van der Waals surface area contributed by atoms with Crippen LogP contribution in [0.3, 0.4) is 0 Å². The number of hydrogen-bond acceptors (Lipinski definition) is 5. The molecule has 0 amide bonds. The van der Waals surface area contributed by atoms with E-state index in [1.165, 1.54) is 4.68 Å². The van der Waals surface area contributed by atoms with Gasteiger partial charge in [0.1, 0.15) is 0 Å². The Morgan fingerprint density at radius 1 is 1.35 bits per heavy atom. The van der Waals surface area contributed by atoms with Crippen LogP contribution in [-0.2, 0) is 11.3 Å². The van der Waals surface area contributed by atoms with Crippen LogP contribution >= 0.6 is 0 Å². The fourth-order valence-electron chi connectivity index (χ4n) is 1.85. The number of aromatic nitrogens is 2. The normalized spacial score (nSPS) is 10.9. The lowest BCUT2D eigenvalue weighted by molar-refractivity contribution is -0.677. The molecule has 0 atom stereocenters. The summed E-state index contributed by atoms with van der Waals surface area (Å²) in [5.41, 5.74) is 2.46. The van der Waals surface area contributed by atoms with Gasteiger partial charge in [0, 0.05) is 25.8 Å². The van der Waals surface area contributed by atoms with Gasteiger partial charge in [-0.15, -0.1) is 0 Å². The molecule has 0 bridgehead atoms. The Kier molecular flexibility index (Phi) is 5.09. The van der Waals surface area contributed by atoms with Crippen molar-refractivity contribution >= 4 is 0 Å². The van der Waals surface area contributed by atoms with Crippen LogP contribution in [0.2, 0.25) is 0 Å². The van der Waals surface area contributed by atoms with Crippen LogP contribution in [0.4, 0.5) is 0 Å². The van der Waals surface area contributed by atoms with Crippen molar-refractivity contribution in [2.75, 3.05) is 20.3 Å². The molecule has 0 aliphatic rings. The third-order valence-electron chi connectivity index (χ3n) is 2.97. The molecule has 108 valence electrons. The van der Waals surface area contributed by atoms with Crippen LogP contribution in [0.1, 0.15) is 17.7 Å². The first-order chi connectivity index (χ1) is 9.72. The minimum atomic E-state index is -0.412. The van der Waals surface area contributed by atoms with Crippen LogP contribution in [-0.4, -0.2) is 25.5 Å². The summed E-state index contributed by atoms with van der Waals surface area (Å²) in [6, 6.07) is 7.76.